The van der Waals surface area contributed by atoms with E-state index in [0.29, 0.717) is 5.56 Å². The van der Waals surface area contributed by atoms with Gasteiger partial charge in [0.1, 0.15) is 10.4 Å². The number of rotatable bonds is 6. The molecule has 4 nitrogen and oxygen atoms in total. The topological polar surface area (TPSA) is 55.4 Å². The molecule has 0 saturated heterocycles. The fraction of sp³-hybridized carbons (Fsp3) is 0.333. The highest BCUT2D eigenvalue weighted by atomic mass is 79.9. The van der Waals surface area contributed by atoms with Crippen LogP contribution in [0.5, 0.6) is 5.75 Å². The van der Waals surface area contributed by atoms with Crippen molar-refractivity contribution in [3.63, 3.8) is 0 Å². The van der Waals surface area contributed by atoms with Crippen LogP contribution >= 0.6 is 15.9 Å². The van der Waals surface area contributed by atoms with E-state index in [4.69, 9.17) is 0 Å². The molecule has 0 saturated carbocycles. The van der Waals surface area contributed by atoms with Crippen molar-refractivity contribution in [3.05, 3.63) is 29.8 Å². The highest BCUT2D eigenvalue weighted by molar-refractivity contribution is 9.10. The van der Waals surface area contributed by atoms with Crippen LogP contribution in [0.2, 0.25) is 0 Å². The summed E-state index contributed by atoms with van der Waals surface area (Å²) in [7, 11) is -3.44. The molecule has 8 heteroatoms. The van der Waals surface area contributed by atoms with E-state index in [1.165, 1.54) is 18.2 Å². The predicted molar refractivity (Wildman–Crippen MR) is 62.6 cm³/mol. The number of para-hydroxylation sites is 1. The lowest BCUT2D eigenvalue weighted by molar-refractivity contribution is -0.0504. The fourth-order valence-electron chi connectivity index (χ4n) is 1.09. The van der Waals surface area contributed by atoms with Gasteiger partial charge in [0.25, 0.3) is 0 Å². The van der Waals surface area contributed by atoms with Gasteiger partial charge in [0, 0.05) is 12.1 Å². The molecule has 0 unspecified atom stereocenters. The molecule has 0 bridgehead atoms. The molecule has 1 N–H and O–H groups in total. The van der Waals surface area contributed by atoms with Crippen molar-refractivity contribution in [2.75, 3.05) is 4.66 Å². The lowest BCUT2D eigenvalue weighted by Gasteiger charge is -2.10. The van der Waals surface area contributed by atoms with Gasteiger partial charge in [-0.05, 0) is 6.07 Å². The summed E-state index contributed by atoms with van der Waals surface area (Å²) in [6, 6.07) is 5.99. The van der Waals surface area contributed by atoms with Crippen molar-refractivity contribution in [2.24, 2.45) is 0 Å². The van der Waals surface area contributed by atoms with E-state index in [1.807, 2.05) is 0 Å². The second-order valence-electron chi connectivity index (χ2n) is 3.03. The molecule has 0 fully saturated rings. The number of ether oxygens (including phenoxy) is 1. The normalized spacial score (nSPS) is 11.8. The van der Waals surface area contributed by atoms with E-state index in [2.05, 4.69) is 25.4 Å². The van der Waals surface area contributed by atoms with Gasteiger partial charge in [-0.3, -0.25) is 0 Å². The number of hydrogen-bond acceptors (Lipinski definition) is 3. The fourth-order valence-corrected chi connectivity index (χ4v) is 2.03. The molecule has 17 heavy (non-hydrogen) atoms. The van der Waals surface area contributed by atoms with Gasteiger partial charge in [-0.2, -0.15) is 8.78 Å². The van der Waals surface area contributed by atoms with E-state index in [-0.39, 0.29) is 17.0 Å². The van der Waals surface area contributed by atoms with Crippen molar-refractivity contribution >= 4 is 26.0 Å². The number of benzene rings is 1. The van der Waals surface area contributed by atoms with E-state index in [0.717, 1.165) is 0 Å². The Morgan fingerprint density at radius 3 is 2.59 bits per heavy atom. The van der Waals surface area contributed by atoms with Crippen molar-refractivity contribution in [2.45, 2.75) is 13.2 Å². The van der Waals surface area contributed by atoms with Gasteiger partial charge < -0.3 is 4.74 Å². The minimum absolute atomic E-state index is 0.0419. The van der Waals surface area contributed by atoms with E-state index in [1.54, 1.807) is 6.07 Å². The summed E-state index contributed by atoms with van der Waals surface area (Å²) in [4.78, 5) is 0. The van der Waals surface area contributed by atoms with E-state index in [9.17, 15) is 17.2 Å². The monoisotopic (exact) mass is 329 g/mol. The van der Waals surface area contributed by atoms with Crippen molar-refractivity contribution in [1.82, 2.24) is 4.72 Å². The zero-order chi connectivity index (χ0) is 12.9. The van der Waals surface area contributed by atoms with Crippen LogP contribution in [0.25, 0.3) is 0 Å². The molecule has 0 atom stereocenters. The van der Waals surface area contributed by atoms with Crippen molar-refractivity contribution in [1.29, 1.82) is 0 Å². The summed E-state index contributed by atoms with van der Waals surface area (Å²) >= 11 is 2.80. The Hall–Kier alpha value is -0.730. The number of nitrogens with one attached hydrogen (secondary N) is 1. The van der Waals surface area contributed by atoms with Crippen LogP contribution in [0.1, 0.15) is 5.56 Å². The van der Waals surface area contributed by atoms with Crippen molar-refractivity contribution < 1.29 is 21.9 Å². The zero-order valence-corrected chi connectivity index (χ0v) is 11.0. The molecular weight excluding hydrogens is 320 g/mol. The van der Waals surface area contributed by atoms with Crippen LogP contribution in [-0.4, -0.2) is 19.7 Å². The molecule has 0 heterocycles. The minimum atomic E-state index is -3.44. The third-order valence-corrected chi connectivity index (χ3v) is 4.49. The maximum Gasteiger partial charge on any atom is 0.387 e. The lowest BCUT2D eigenvalue weighted by Crippen LogP contribution is -2.24. The van der Waals surface area contributed by atoms with E-state index < -0.39 is 16.6 Å². The highest BCUT2D eigenvalue weighted by Gasteiger charge is 2.12. The molecule has 0 amide bonds. The summed E-state index contributed by atoms with van der Waals surface area (Å²) in [6.45, 7) is -3.04. The molecule has 0 aliphatic carbocycles. The molecule has 0 aliphatic rings. The van der Waals surface area contributed by atoms with Crippen molar-refractivity contribution in [3.8, 4) is 5.75 Å². The van der Waals surface area contributed by atoms with Crippen LogP contribution in [0.15, 0.2) is 24.3 Å². The smallest absolute Gasteiger partial charge is 0.387 e. The standard InChI is InChI=1S/C9H10BrF2NO3S/c10-6-17(14,15)13-5-7-3-1-2-4-8(7)16-9(11)12/h1-4,9,13H,5-6H2. The molecule has 0 radical (unpaired) electrons. The maximum absolute atomic E-state index is 12.1. The Balaban J connectivity index is 2.77. The molecule has 96 valence electrons. The highest BCUT2D eigenvalue weighted by Crippen LogP contribution is 2.20. The number of alkyl halides is 3. The third-order valence-electron chi connectivity index (χ3n) is 1.81. The molecule has 0 aliphatic heterocycles. The second-order valence-corrected chi connectivity index (χ2v) is 6.14. The summed E-state index contributed by atoms with van der Waals surface area (Å²) in [5, 5.41) is 0. The van der Waals surface area contributed by atoms with Crippen LogP contribution in [0.4, 0.5) is 8.78 Å². The Kier molecular flexibility index (Phi) is 5.29. The van der Waals surface area contributed by atoms with Crippen LogP contribution in [0.3, 0.4) is 0 Å². The van der Waals surface area contributed by atoms with Crippen LogP contribution < -0.4 is 9.46 Å². The zero-order valence-electron chi connectivity index (χ0n) is 8.57. The SMILES string of the molecule is O=S(=O)(CBr)NCc1ccccc1OC(F)F. The molecule has 1 aromatic rings. The first-order valence-corrected chi connectivity index (χ1v) is 7.28. The Morgan fingerprint density at radius 2 is 2.00 bits per heavy atom. The summed E-state index contributed by atoms with van der Waals surface area (Å²) in [6.07, 6.45) is 0. The average molecular weight is 330 g/mol. The minimum Gasteiger partial charge on any atom is -0.434 e. The van der Waals surface area contributed by atoms with Crippen LogP contribution in [0, 0.1) is 0 Å². The van der Waals surface area contributed by atoms with Gasteiger partial charge in [0.05, 0.1) is 0 Å². The first-order chi connectivity index (χ1) is 7.94. The third kappa shape index (κ3) is 4.97. The molecule has 1 aromatic carbocycles. The lowest BCUT2D eigenvalue weighted by atomic mass is 10.2. The van der Waals surface area contributed by atoms with Crippen LogP contribution in [-0.2, 0) is 16.6 Å². The molecule has 1 rings (SSSR count). The maximum atomic E-state index is 12.1. The predicted octanol–water partition coefficient (Wildman–Crippen LogP) is 2.06. The largest absolute Gasteiger partial charge is 0.434 e. The molecular formula is C9H10BrF2NO3S. The number of hydrogen-bond donors (Lipinski definition) is 1. The summed E-state index contributed by atoms with van der Waals surface area (Å²) in [5.74, 6) is -0.0419. The van der Waals surface area contributed by atoms with Gasteiger partial charge in [-0.1, -0.05) is 34.1 Å². The first-order valence-electron chi connectivity index (χ1n) is 4.50. The molecule has 0 aromatic heterocycles. The summed E-state index contributed by atoms with van der Waals surface area (Å²) < 4.78 is 52.7. The van der Waals surface area contributed by atoms with Gasteiger partial charge in [-0.25, -0.2) is 13.1 Å². The van der Waals surface area contributed by atoms with Gasteiger partial charge >= 0.3 is 6.61 Å². The molecule has 0 spiro atoms. The second kappa shape index (κ2) is 6.27. The number of sulfonamides is 1. The van der Waals surface area contributed by atoms with Gasteiger partial charge in [0.2, 0.25) is 10.0 Å². The average Bonchev–Trinajstić information content (AvgIpc) is 2.27. The quantitative estimate of drug-likeness (QED) is 0.813. The Morgan fingerprint density at radius 1 is 1.35 bits per heavy atom. The Labute approximate surface area is 106 Å². The number of halogens is 3. The first kappa shape index (κ1) is 14.3. The van der Waals surface area contributed by atoms with Gasteiger partial charge in [0.15, 0.2) is 0 Å². The Bertz CT molecular complexity index is 467. The summed E-state index contributed by atoms with van der Waals surface area (Å²) in [5.41, 5.74) is 0.345. The van der Waals surface area contributed by atoms with E-state index >= 15 is 0 Å². The van der Waals surface area contributed by atoms with Gasteiger partial charge in [-0.15, -0.1) is 0 Å².